The molecule has 1 amide bonds. The molecule has 2 aromatic heterocycles. The lowest BCUT2D eigenvalue weighted by Crippen LogP contribution is -2.33. The van der Waals surface area contributed by atoms with Crippen LogP contribution in [0.25, 0.3) is 16.9 Å². The number of hydrogen-bond donors (Lipinski definition) is 1. The van der Waals surface area contributed by atoms with Gasteiger partial charge in [-0.15, -0.1) is 5.10 Å². The van der Waals surface area contributed by atoms with Gasteiger partial charge in [-0.2, -0.15) is 5.26 Å². The number of carbonyl (C=O) groups is 1. The molecule has 7 heteroatoms. The minimum Gasteiger partial charge on any atom is -0.367 e. The van der Waals surface area contributed by atoms with Gasteiger partial charge in [0.2, 0.25) is 5.91 Å². The van der Waals surface area contributed by atoms with Crippen molar-refractivity contribution in [3.8, 4) is 17.3 Å². The molecule has 3 aromatic rings. The minimum atomic E-state index is -0.0192. The van der Waals surface area contributed by atoms with Crippen LogP contribution in [0.4, 0.5) is 5.82 Å². The Bertz CT molecular complexity index is 1040. The summed E-state index contributed by atoms with van der Waals surface area (Å²) in [5.41, 5.74) is 3.13. The van der Waals surface area contributed by atoms with Gasteiger partial charge in [0, 0.05) is 32.1 Å². The number of aromatic nitrogens is 3. The summed E-state index contributed by atoms with van der Waals surface area (Å²) >= 11 is 0. The highest BCUT2D eigenvalue weighted by Crippen LogP contribution is 2.21. The maximum absolute atomic E-state index is 12.2. The van der Waals surface area contributed by atoms with Gasteiger partial charge in [-0.3, -0.25) is 4.79 Å². The first-order valence-corrected chi connectivity index (χ1v) is 9.60. The van der Waals surface area contributed by atoms with Crippen molar-refractivity contribution in [2.24, 2.45) is 5.41 Å². The van der Waals surface area contributed by atoms with E-state index in [2.05, 4.69) is 42.2 Å². The number of carbonyl (C=O) groups excluding carboxylic acids is 1. The second kappa shape index (κ2) is 8.31. The standard InChI is InChI=1S/C22H26N6O/c1-22(2,3)13-21(29)27(4)12-11-24-19-9-10-20-25-15-18(28(20)26-19)17-7-5-16(14-23)6-8-17/h5-10,15H,11-13H2,1-4H3,(H,24,26). The van der Waals surface area contributed by atoms with E-state index < -0.39 is 0 Å². The van der Waals surface area contributed by atoms with Crippen LogP contribution in [0.15, 0.2) is 42.6 Å². The molecule has 0 bridgehead atoms. The van der Waals surface area contributed by atoms with Crippen LogP contribution in [0, 0.1) is 16.7 Å². The van der Waals surface area contributed by atoms with E-state index in [1.165, 1.54) is 0 Å². The second-order valence-electron chi connectivity index (χ2n) is 8.30. The number of benzene rings is 1. The van der Waals surface area contributed by atoms with Crippen LogP contribution < -0.4 is 5.32 Å². The Morgan fingerprint density at radius 3 is 2.59 bits per heavy atom. The predicted octanol–water partition coefficient (Wildman–Crippen LogP) is 3.57. The molecule has 3 rings (SSSR count). The highest BCUT2D eigenvalue weighted by molar-refractivity contribution is 5.76. The highest BCUT2D eigenvalue weighted by Gasteiger charge is 2.18. The topological polar surface area (TPSA) is 86.3 Å². The quantitative estimate of drug-likeness (QED) is 0.695. The van der Waals surface area contributed by atoms with Crippen molar-refractivity contribution in [1.82, 2.24) is 19.5 Å². The summed E-state index contributed by atoms with van der Waals surface area (Å²) in [4.78, 5) is 18.4. The average molecular weight is 390 g/mol. The molecule has 0 atom stereocenters. The number of likely N-dealkylation sites (N-methyl/N-ethyl adjacent to an activating group) is 1. The van der Waals surface area contributed by atoms with Crippen LogP contribution >= 0.6 is 0 Å². The number of nitrogens with zero attached hydrogens (tertiary/aromatic N) is 5. The van der Waals surface area contributed by atoms with Gasteiger partial charge in [-0.05, 0) is 29.7 Å². The van der Waals surface area contributed by atoms with Gasteiger partial charge in [0.25, 0.3) is 0 Å². The van der Waals surface area contributed by atoms with Crippen LogP contribution in [0.3, 0.4) is 0 Å². The van der Waals surface area contributed by atoms with Crippen molar-refractivity contribution in [2.45, 2.75) is 27.2 Å². The van der Waals surface area contributed by atoms with Crippen LogP contribution in [-0.4, -0.2) is 45.5 Å². The van der Waals surface area contributed by atoms with Crippen molar-refractivity contribution < 1.29 is 4.79 Å². The monoisotopic (exact) mass is 390 g/mol. The molecule has 29 heavy (non-hydrogen) atoms. The van der Waals surface area contributed by atoms with Gasteiger partial charge in [-0.1, -0.05) is 32.9 Å². The average Bonchev–Trinajstić information content (AvgIpc) is 3.10. The fourth-order valence-electron chi connectivity index (χ4n) is 2.94. The first kappa shape index (κ1) is 20.3. The third-order valence-electron chi connectivity index (χ3n) is 4.53. The number of nitriles is 1. The van der Waals surface area contributed by atoms with Crippen molar-refractivity contribution in [1.29, 1.82) is 5.26 Å². The molecule has 0 radical (unpaired) electrons. The van der Waals surface area contributed by atoms with E-state index in [1.807, 2.05) is 31.3 Å². The smallest absolute Gasteiger partial charge is 0.222 e. The Labute approximate surface area is 171 Å². The number of imidazole rings is 1. The van der Waals surface area contributed by atoms with E-state index in [4.69, 9.17) is 5.26 Å². The SMILES string of the molecule is CN(CCNc1ccc2ncc(-c3ccc(C#N)cc3)n2n1)C(=O)CC(C)(C)C. The molecule has 7 nitrogen and oxygen atoms in total. The second-order valence-corrected chi connectivity index (χ2v) is 8.30. The van der Waals surface area contributed by atoms with Crippen molar-refractivity contribution in [3.63, 3.8) is 0 Å². The first-order chi connectivity index (χ1) is 13.8. The number of hydrogen-bond acceptors (Lipinski definition) is 5. The molecule has 0 spiro atoms. The normalized spacial score (nSPS) is 11.3. The molecule has 2 heterocycles. The lowest BCUT2D eigenvalue weighted by molar-refractivity contribution is -0.131. The first-order valence-electron chi connectivity index (χ1n) is 9.60. The van der Waals surface area contributed by atoms with Crippen LogP contribution in [0.1, 0.15) is 32.8 Å². The molecular weight excluding hydrogens is 364 g/mol. The Hall–Kier alpha value is -3.40. The van der Waals surface area contributed by atoms with E-state index in [0.717, 1.165) is 16.9 Å². The fourth-order valence-corrected chi connectivity index (χ4v) is 2.94. The molecule has 0 unspecified atom stereocenters. The summed E-state index contributed by atoms with van der Waals surface area (Å²) < 4.78 is 1.78. The third kappa shape index (κ3) is 5.11. The van der Waals surface area contributed by atoms with Gasteiger partial charge in [-0.25, -0.2) is 9.50 Å². The zero-order valence-electron chi connectivity index (χ0n) is 17.3. The largest absolute Gasteiger partial charge is 0.367 e. The summed E-state index contributed by atoms with van der Waals surface area (Å²) in [6, 6.07) is 13.2. The molecule has 0 aliphatic carbocycles. The summed E-state index contributed by atoms with van der Waals surface area (Å²) in [6.07, 6.45) is 2.29. The Balaban J connectivity index is 1.68. The molecule has 1 N–H and O–H groups in total. The number of anilines is 1. The zero-order chi connectivity index (χ0) is 21.0. The Morgan fingerprint density at radius 2 is 1.93 bits per heavy atom. The minimum absolute atomic E-state index is 0.0192. The van der Waals surface area contributed by atoms with E-state index >= 15 is 0 Å². The molecular formula is C22H26N6O. The summed E-state index contributed by atoms with van der Waals surface area (Å²) in [6.45, 7) is 7.39. The summed E-state index contributed by atoms with van der Waals surface area (Å²) in [5, 5.41) is 16.9. The summed E-state index contributed by atoms with van der Waals surface area (Å²) in [5.74, 6) is 0.850. The van der Waals surface area contributed by atoms with Gasteiger partial charge < -0.3 is 10.2 Å². The molecule has 0 fully saturated rings. The van der Waals surface area contributed by atoms with E-state index in [9.17, 15) is 4.79 Å². The van der Waals surface area contributed by atoms with Crippen molar-refractivity contribution in [3.05, 3.63) is 48.2 Å². The number of amides is 1. The summed E-state index contributed by atoms with van der Waals surface area (Å²) in [7, 11) is 1.82. The third-order valence-corrected chi connectivity index (χ3v) is 4.53. The van der Waals surface area contributed by atoms with E-state index in [1.54, 1.807) is 27.7 Å². The van der Waals surface area contributed by atoms with E-state index in [-0.39, 0.29) is 11.3 Å². The number of fused-ring (bicyclic) bond motifs is 1. The molecule has 0 aliphatic heterocycles. The molecule has 0 saturated heterocycles. The lowest BCUT2D eigenvalue weighted by atomic mass is 9.92. The van der Waals surface area contributed by atoms with Gasteiger partial charge in [0.15, 0.2) is 5.65 Å². The van der Waals surface area contributed by atoms with Crippen LogP contribution in [0.2, 0.25) is 0 Å². The van der Waals surface area contributed by atoms with E-state index in [0.29, 0.717) is 30.9 Å². The number of rotatable bonds is 6. The molecule has 0 aliphatic rings. The maximum Gasteiger partial charge on any atom is 0.222 e. The van der Waals surface area contributed by atoms with Crippen LogP contribution in [0.5, 0.6) is 0 Å². The predicted molar refractivity (Wildman–Crippen MR) is 113 cm³/mol. The number of nitrogens with one attached hydrogen (secondary N) is 1. The highest BCUT2D eigenvalue weighted by atomic mass is 16.2. The lowest BCUT2D eigenvalue weighted by Gasteiger charge is -2.23. The molecule has 1 aromatic carbocycles. The molecule has 150 valence electrons. The zero-order valence-corrected chi connectivity index (χ0v) is 17.3. The van der Waals surface area contributed by atoms with Gasteiger partial charge in [0.05, 0.1) is 23.5 Å². The van der Waals surface area contributed by atoms with Crippen molar-refractivity contribution >= 4 is 17.4 Å². The van der Waals surface area contributed by atoms with Crippen LogP contribution in [-0.2, 0) is 4.79 Å². The molecule has 0 saturated carbocycles. The Kier molecular flexibility index (Phi) is 5.83. The Morgan fingerprint density at radius 1 is 1.21 bits per heavy atom. The van der Waals surface area contributed by atoms with Gasteiger partial charge in [0.1, 0.15) is 5.82 Å². The van der Waals surface area contributed by atoms with Crippen molar-refractivity contribution in [2.75, 3.05) is 25.5 Å². The van der Waals surface area contributed by atoms with Gasteiger partial charge >= 0.3 is 0 Å². The fraction of sp³-hybridized carbons (Fsp3) is 0.364. The maximum atomic E-state index is 12.2.